The fraction of sp³-hybridized carbons (Fsp3) is 0.308. The van der Waals surface area contributed by atoms with Crippen LogP contribution in [0.3, 0.4) is 0 Å². The number of nitrogens with zero attached hydrogens (tertiary/aromatic N) is 1. The zero-order valence-electron chi connectivity index (χ0n) is 9.87. The van der Waals surface area contributed by atoms with E-state index in [-0.39, 0.29) is 0 Å². The first-order valence-corrected chi connectivity index (χ1v) is 5.38. The largest absolute Gasteiger partial charge is 0.429 e. The number of hydrogen-bond donors (Lipinski definition) is 1. The van der Waals surface area contributed by atoms with E-state index in [2.05, 4.69) is 41.5 Å². The second kappa shape index (κ2) is 4.39. The lowest BCUT2D eigenvalue weighted by Gasteiger charge is -1.99. The van der Waals surface area contributed by atoms with Gasteiger partial charge in [-0.3, -0.25) is 0 Å². The van der Waals surface area contributed by atoms with Gasteiger partial charge in [0.15, 0.2) is 0 Å². The highest BCUT2D eigenvalue weighted by Crippen LogP contribution is 2.17. The van der Waals surface area contributed by atoms with Crippen molar-refractivity contribution >= 4 is 6.01 Å². The van der Waals surface area contributed by atoms with Crippen molar-refractivity contribution in [3.8, 4) is 0 Å². The number of hydrogen-bond acceptors (Lipinski definition) is 3. The topological polar surface area (TPSA) is 38.1 Å². The predicted octanol–water partition coefficient (Wildman–Crippen LogP) is 2.92. The van der Waals surface area contributed by atoms with E-state index in [4.69, 9.17) is 4.42 Å². The van der Waals surface area contributed by atoms with Crippen molar-refractivity contribution in [3.05, 3.63) is 46.8 Å². The molecule has 2 aromatic rings. The third-order valence-electron chi connectivity index (χ3n) is 2.60. The molecule has 0 fully saturated rings. The Labute approximate surface area is 95.5 Å². The summed E-state index contributed by atoms with van der Waals surface area (Å²) < 4.78 is 5.44. The Morgan fingerprint density at radius 2 is 1.88 bits per heavy atom. The maximum absolute atomic E-state index is 5.44. The molecule has 1 aromatic carbocycles. The van der Waals surface area contributed by atoms with Gasteiger partial charge in [0.1, 0.15) is 5.76 Å². The Kier molecular flexibility index (Phi) is 2.95. The summed E-state index contributed by atoms with van der Waals surface area (Å²) in [7, 11) is 1.81. The van der Waals surface area contributed by atoms with Crippen molar-refractivity contribution in [1.82, 2.24) is 4.98 Å². The van der Waals surface area contributed by atoms with E-state index in [9.17, 15) is 0 Å². The Balaban J connectivity index is 2.19. The van der Waals surface area contributed by atoms with Crippen molar-refractivity contribution < 1.29 is 4.42 Å². The number of rotatable bonds is 3. The average Bonchev–Trinajstić information content (AvgIpc) is 2.63. The number of aryl methyl sites for hydroxylation is 2. The molecular weight excluding hydrogens is 200 g/mol. The monoisotopic (exact) mass is 216 g/mol. The number of aromatic nitrogens is 1. The minimum atomic E-state index is 0.583. The number of oxazole rings is 1. The molecule has 3 heteroatoms. The Morgan fingerprint density at radius 3 is 2.44 bits per heavy atom. The highest BCUT2D eigenvalue weighted by Gasteiger charge is 2.08. The average molecular weight is 216 g/mol. The van der Waals surface area contributed by atoms with Crippen LogP contribution in [0.5, 0.6) is 0 Å². The van der Waals surface area contributed by atoms with Crippen LogP contribution in [0.25, 0.3) is 0 Å². The summed E-state index contributed by atoms with van der Waals surface area (Å²) in [5.41, 5.74) is 3.52. The van der Waals surface area contributed by atoms with Gasteiger partial charge >= 0.3 is 0 Å². The van der Waals surface area contributed by atoms with Gasteiger partial charge in [0.25, 0.3) is 6.01 Å². The molecule has 1 N–H and O–H groups in total. The molecule has 0 aliphatic carbocycles. The first kappa shape index (κ1) is 10.7. The van der Waals surface area contributed by atoms with Crippen LogP contribution in [0.1, 0.15) is 22.6 Å². The Bertz CT molecular complexity index is 471. The van der Waals surface area contributed by atoms with Gasteiger partial charge in [0, 0.05) is 13.5 Å². The fourth-order valence-corrected chi connectivity index (χ4v) is 1.60. The summed E-state index contributed by atoms with van der Waals surface area (Å²) in [5.74, 6) is 0.880. The maximum Gasteiger partial charge on any atom is 0.294 e. The van der Waals surface area contributed by atoms with E-state index in [1.54, 1.807) is 7.05 Å². The highest BCUT2D eigenvalue weighted by atomic mass is 16.4. The zero-order chi connectivity index (χ0) is 11.5. The highest BCUT2D eigenvalue weighted by molar-refractivity contribution is 5.30. The lowest BCUT2D eigenvalue weighted by molar-refractivity contribution is 0.541. The number of anilines is 1. The zero-order valence-corrected chi connectivity index (χ0v) is 9.87. The molecule has 1 aromatic heterocycles. The molecular formula is C13H16N2O. The third-order valence-corrected chi connectivity index (χ3v) is 2.60. The molecule has 0 aliphatic rings. The minimum absolute atomic E-state index is 0.583. The summed E-state index contributed by atoms with van der Waals surface area (Å²) >= 11 is 0. The van der Waals surface area contributed by atoms with Crippen molar-refractivity contribution in [2.45, 2.75) is 20.3 Å². The van der Waals surface area contributed by atoms with Gasteiger partial charge in [-0.2, -0.15) is 4.98 Å². The summed E-state index contributed by atoms with van der Waals surface area (Å²) in [6.45, 7) is 4.03. The van der Waals surface area contributed by atoms with Crippen LogP contribution in [-0.2, 0) is 6.42 Å². The summed E-state index contributed by atoms with van der Waals surface area (Å²) in [4.78, 5) is 4.37. The van der Waals surface area contributed by atoms with Crippen LogP contribution in [0.2, 0.25) is 0 Å². The Hall–Kier alpha value is -1.77. The fourth-order valence-electron chi connectivity index (χ4n) is 1.60. The first-order valence-electron chi connectivity index (χ1n) is 5.38. The quantitative estimate of drug-likeness (QED) is 0.857. The molecule has 3 nitrogen and oxygen atoms in total. The third kappa shape index (κ3) is 2.24. The minimum Gasteiger partial charge on any atom is -0.429 e. The number of benzene rings is 1. The molecule has 0 saturated carbocycles. The van der Waals surface area contributed by atoms with Crippen LogP contribution >= 0.6 is 0 Å². The molecule has 0 saturated heterocycles. The Morgan fingerprint density at radius 1 is 1.19 bits per heavy atom. The van der Waals surface area contributed by atoms with Gasteiger partial charge in [0.05, 0.1) is 5.69 Å². The van der Waals surface area contributed by atoms with E-state index >= 15 is 0 Å². The van der Waals surface area contributed by atoms with E-state index in [0.717, 1.165) is 17.9 Å². The maximum atomic E-state index is 5.44. The smallest absolute Gasteiger partial charge is 0.294 e. The normalized spacial score (nSPS) is 10.4. The number of nitrogens with one attached hydrogen (secondary N) is 1. The van der Waals surface area contributed by atoms with E-state index in [1.807, 2.05) is 6.92 Å². The molecule has 0 unspecified atom stereocenters. The second-order valence-electron chi connectivity index (χ2n) is 3.93. The standard InChI is InChI=1S/C13H16N2O/c1-9-4-6-11(7-5-9)8-12-10(2)16-13(14-3)15-12/h4-7H,8H2,1-3H3,(H,14,15). The molecule has 0 spiro atoms. The van der Waals surface area contributed by atoms with Gasteiger partial charge in [-0.15, -0.1) is 0 Å². The molecule has 1 heterocycles. The molecule has 0 atom stereocenters. The van der Waals surface area contributed by atoms with Gasteiger partial charge in [-0.25, -0.2) is 0 Å². The van der Waals surface area contributed by atoms with E-state index in [0.29, 0.717) is 6.01 Å². The van der Waals surface area contributed by atoms with Crippen molar-refractivity contribution in [2.24, 2.45) is 0 Å². The molecule has 16 heavy (non-hydrogen) atoms. The summed E-state index contributed by atoms with van der Waals surface area (Å²) in [6.07, 6.45) is 0.817. The second-order valence-corrected chi connectivity index (χ2v) is 3.93. The summed E-state index contributed by atoms with van der Waals surface area (Å²) in [5, 5.41) is 2.91. The molecule has 0 aliphatic heterocycles. The van der Waals surface area contributed by atoms with Crippen molar-refractivity contribution in [3.63, 3.8) is 0 Å². The van der Waals surface area contributed by atoms with Crippen LogP contribution in [0, 0.1) is 13.8 Å². The van der Waals surface area contributed by atoms with Gasteiger partial charge in [-0.05, 0) is 19.4 Å². The van der Waals surface area contributed by atoms with Crippen LogP contribution in [0.4, 0.5) is 6.01 Å². The van der Waals surface area contributed by atoms with Gasteiger partial charge in [-0.1, -0.05) is 29.8 Å². The van der Waals surface area contributed by atoms with Crippen LogP contribution in [0.15, 0.2) is 28.7 Å². The SMILES string of the molecule is CNc1nc(Cc2ccc(C)cc2)c(C)o1. The lowest BCUT2D eigenvalue weighted by atomic mass is 10.1. The van der Waals surface area contributed by atoms with E-state index in [1.165, 1.54) is 11.1 Å². The van der Waals surface area contributed by atoms with Gasteiger partial charge < -0.3 is 9.73 Å². The van der Waals surface area contributed by atoms with Gasteiger partial charge in [0.2, 0.25) is 0 Å². The molecule has 0 amide bonds. The van der Waals surface area contributed by atoms with Crippen LogP contribution in [-0.4, -0.2) is 12.0 Å². The lowest BCUT2D eigenvalue weighted by Crippen LogP contribution is -1.92. The van der Waals surface area contributed by atoms with Crippen molar-refractivity contribution in [1.29, 1.82) is 0 Å². The van der Waals surface area contributed by atoms with E-state index < -0.39 is 0 Å². The first-order chi connectivity index (χ1) is 7.69. The molecule has 2 rings (SSSR count). The van der Waals surface area contributed by atoms with Crippen molar-refractivity contribution in [2.75, 3.05) is 12.4 Å². The molecule has 0 bridgehead atoms. The molecule has 0 radical (unpaired) electrons. The predicted molar refractivity (Wildman–Crippen MR) is 64.8 cm³/mol. The summed E-state index contributed by atoms with van der Waals surface area (Å²) in [6, 6.07) is 9.07. The molecule has 84 valence electrons. The van der Waals surface area contributed by atoms with Crippen LogP contribution < -0.4 is 5.32 Å².